The average molecular weight is 331 g/mol. The van der Waals surface area contributed by atoms with Crippen LogP contribution in [0.1, 0.15) is 41.9 Å². The summed E-state index contributed by atoms with van der Waals surface area (Å²) in [6.07, 6.45) is 1.65. The first-order valence-electron chi connectivity index (χ1n) is 7.43. The van der Waals surface area contributed by atoms with Crippen molar-refractivity contribution in [3.05, 3.63) is 41.6 Å². The van der Waals surface area contributed by atoms with E-state index in [0.717, 1.165) is 5.69 Å². The van der Waals surface area contributed by atoms with E-state index in [0.29, 0.717) is 12.4 Å². The Morgan fingerprint density at radius 3 is 2.83 bits per heavy atom. The van der Waals surface area contributed by atoms with E-state index in [1.165, 1.54) is 6.07 Å². The number of carbonyl (C=O) groups excluding carboxylic acids is 1. The van der Waals surface area contributed by atoms with Gasteiger partial charge in [-0.05, 0) is 38.0 Å². The molecule has 2 aromatic heterocycles. The Balaban J connectivity index is 2.12. The molecule has 0 saturated carbocycles. The molecule has 0 aliphatic rings. The number of aromatic nitrogens is 2. The fraction of sp³-hybridized carbons (Fsp3) is 0.412. The Morgan fingerprint density at radius 2 is 2.25 bits per heavy atom. The molecular weight excluding hydrogens is 310 g/mol. The minimum Gasteiger partial charge on any atom is -0.443 e. The summed E-state index contributed by atoms with van der Waals surface area (Å²) in [5.41, 5.74) is -0.308. The van der Waals surface area contributed by atoms with Crippen LogP contribution in [0, 0.1) is 11.8 Å². The van der Waals surface area contributed by atoms with Crippen LogP contribution >= 0.6 is 0 Å². The first-order chi connectivity index (χ1) is 11.3. The molecule has 1 unspecified atom stereocenters. The van der Waals surface area contributed by atoms with Gasteiger partial charge >= 0.3 is 0 Å². The Kier molecular flexibility index (Phi) is 5.44. The lowest BCUT2D eigenvalue weighted by molar-refractivity contribution is 0.0864. The van der Waals surface area contributed by atoms with Gasteiger partial charge in [0.15, 0.2) is 11.5 Å². The van der Waals surface area contributed by atoms with Crippen molar-refractivity contribution in [3.63, 3.8) is 0 Å². The number of ether oxygens (including phenoxy) is 1. The number of aryl methyl sites for hydroxylation is 1. The van der Waals surface area contributed by atoms with Gasteiger partial charge in [-0.15, -0.1) is 0 Å². The van der Waals surface area contributed by atoms with Crippen LogP contribution in [-0.4, -0.2) is 40.1 Å². The molecular formula is C17H21N3O4. The van der Waals surface area contributed by atoms with Gasteiger partial charge in [-0.2, -0.15) is 5.10 Å². The van der Waals surface area contributed by atoms with Crippen LogP contribution in [0.2, 0.25) is 0 Å². The molecule has 1 atom stereocenters. The maximum absolute atomic E-state index is 12.4. The zero-order valence-corrected chi connectivity index (χ0v) is 14.2. The van der Waals surface area contributed by atoms with Crippen molar-refractivity contribution in [2.45, 2.75) is 25.5 Å². The van der Waals surface area contributed by atoms with Gasteiger partial charge in [-0.25, -0.2) is 0 Å². The van der Waals surface area contributed by atoms with E-state index in [-0.39, 0.29) is 17.7 Å². The number of carbonyl (C=O) groups is 1. The Bertz CT molecular complexity index is 759. The lowest BCUT2D eigenvalue weighted by Crippen LogP contribution is -2.32. The van der Waals surface area contributed by atoms with Crippen LogP contribution in [0.4, 0.5) is 0 Å². The van der Waals surface area contributed by atoms with Gasteiger partial charge in [0.2, 0.25) is 0 Å². The van der Waals surface area contributed by atoms with Gasteiger partial charge < -0.3 is 19.6 Å². The Hall–Kier alpha value is -2.56. The number of furan rings is 1. The predicted molar refractivity (Wildman–Crippen MR) is 87.2 cm³/mol. The molecule has 0 spiro atoms. The van der Waals surface area contributed by atoms with Gasteiger partial charge in [0.05, 0.1) is 18.3 Å². The van der Waals surface area contributed by atoms with E-state index in [2.05, 4.69) is 22.3 Å². The first-order valence-corrected chi connectivity index (χ1v) is 7.43. The van der Waals surface area contributed by atoms with Crippen molar-refractivity contribution in [2.24, 2.45) is 7.05 Å². The van der Waals surface area contributed by atoms with Crippen LogP contribution < -0.4 is 5.32 Å². The van der Waals surface area contributed by atoms with Gasteiger partial charge in [0, 0.05) is 20.4 Å². The second-order valence-corrected chi connectivity index (χ2v) is 5.83. The van der Waals surface area contributed by atoms with Crippen LogP contribution in [0.15, 0.2) is 28.8 Å². The number of methoxy groups -OCH3 is 1. The van der Waals surface area contributed by atoms with E-state index in [9.17, 15) is 9.90 Å². The largest absolute Gasteiger partial charge is 0.443 e. The van der Waals surface area contributed by atoms with E-state index in [1.54, 1.807) is 44.9 Å². The summed E-state index contributed by atoms with van der Waals surface area (Å²) >= 11 is 0. The van der Waals surface area contributed by atoms with E-state index in [1.807, 2.05) is 6.07 Å². The molecule has 0 fully saturated rings. The van der Waals surface area contributed by atoms with Crippen molar-refractivity contribution in [3.8, 4) is 11.8 Å². The van der Waals surface area contributed by atoms with Crippen LogP contribution in [0.5, 0.6) is 0 Å². The summed E-state index contributed by atoms with van der Waals surface area (Å²) in [5.74, 6) is 5.39. The molecule has 0 aliphatic carbocycles. The fourth-order valence-electron chi connectivity index (χ4n) is 2.06. The molecule has 2 N–H and O–H groups in total. The zero-order valence-electron chi connectivity index (χ0n) is 14.2. The molecule has 0 aliphatic heterocycles. The normalized spacial score (nSPS) is 12.4. The second kappa shape index (κ2) is 7.34. The smallest absolute Gasteiger partial charge is 0.287 e. The highest BCUT2D eigenvalue weighted by Crippen LogP contribution is 2.14. The van der Waals surface area contributed by atoms with Crippen LogP contribution in [-0.2, 0) is 11.8 Å². The third-order valence-corrected chi connectivity index (χ3v) is 3.18. The lowest BCUT2D eigenvalue weighted by atomic mass is 10.1. The Morgan fingerprint density at radius 1 is 1.50 bits per heavy atom. The molecule has 1 amide bonds. The first kappa shape index (κ1) is 17.8. The number of nitrogens with one attached hydrogen (secondary N) is 1. The number of hydrogen-bond acceptors (Lipinski definition) is 5. The summed E-state index contributed by atoms with van der Waals surface area (Å²) < 4.78 is 12.2. The highest BCUT2D eigenvalue weighted by molar-refractivity contribution is 5.91. The van der Waals surface area contributed by atoms with Gasteiger partial charge in [-0.3, -0.25) is 9.48 Å². The third-order valence-electron chi connectivity index (χ3n) is 3.18. The SMILES string of the molecule is COCC(NC(=O)c1ccc(C#CC(C)(C)O)o1)c1ccnn1C. The highest BCUT2D eigenvalue weighted by Gasteiger charge is 2.20. The molecule has 2 rings (SSSR count). The minimum atomic E-state index is -1.13. The molecule has 0 bridgehead atoms. The number of aliphatic hydroxyl groups is 1. The molecule has 0 aromatic carbocycles. The summed E-state index contributed by atoms with van der Waals surface area (Å²) in [4.78, 5) is 12.4. The minimum absolute atomic E-state index is 0.137. The molecule has 2 aromatic rings. The van der Waals surface area contributed by atoms with Gasteiger partial charge in [0.25, 0.3) is 5.91 Å². The highest BCUT2D eigenvalue weighted by atomic mass is 16.5. The summed E-state index contributed by atoms with van der Waals surface area (Å²) in [6.45, 7) is 3.44. The Labute approximate surface area is 140 Å². The molecule has 128 valence electrons. The molecule has 24 heavy (non-hydrogen) atoms. The number of amides is 1. The standard InChI is InChI=1S/C17H21N3O4/c1-17(2,22)9-7-12-5-6-15(24-12)16(21)19-13(11-23-4)14-8-10-18-20(14)3/h5-6,8,10,13,22H,11H2,1-4H3,(H,19,21). The van der Waals surface area contributed by atoms with Crippen LogP contribution in [0.25, 0.3) is 0 Å². The van der Waals surface area contributed by atoms with Crippen molar-refractivity contribution in [1.82, 2.24) is 15.1 Å². The zero-order chi connectivity index (χ0) is 17.7. The monoisotopic (exact) mass is 331 g/mol. The molecule has 2 heterocycles. The van der Waals surface area contributed by atoms with Gasteiger partial charge in [0.1, 0.15) is 5.60 Å². The topological polar surface area (TPSA) is 89.5 Å². The number of hydrogen-bond donors (Lipinski definition) is 2. The average Bonchev–Trinajstić information content (AvgIpc) is 3.12. The number of nitrogens with zero attached hydrogens (tertiary/aromatic N) is 2. The van der Waals surface area contributed by atoms with Gasteiger partial charge in [-0.1, -0.05) is 5.92 Å². The maximum Gasteiger partial charge on any atom is 0.287 e. The van der Waals surface area contributed by atoms with E-state index >= 15 is 0 Å². The molecule has 0 saturated heterocycles. The summed E-state index contributed by atoms with van der Waals surface area (Å²) in [7, 11) is 3.36. The number of rotatable bonds is 5. The summed E-state index contributed by atoms with van der Waals surface area (Å²) in [6, 6.07) is 4.58. The van der Waals surface area contributed by atoms with E-state index in [4.69, 9.17) is 9.15 Å². The van der Waals surface area contributed by atoms with Crippen molar-refractivity contribution < 1.29 is 19.1 Å². The fourth-order valence-corrected chi connectivity index (χ4v) is 2.06. The van der Waals surface area contributed by atoms with E-state index < -0.39 is 5.60 Å². The maximum atomic E-state index is 12.4. The molecule has 7 heteroatoms. The lowest BCUT2D eigenvalue weighted by Gasteiger charge is -2.17. The predicted octanol–water partition coefficient (Wildman–Crippen LogP) is 1.25. The molecule has 7 nitrogen and oxygen atoms in total. The van der Waals surface area contributed by atoms with Crippen molar-refractivity contribution >= 4 is 5.91 Å². The second-order valence-electron chi connectivity index (χ2n) is 5.83. The van der Waals surface area contributed by atoms with Crippen LogP contribution in [0.3, 0.4) is 0 Å². The quantitative estimate of drug-likeness (QED) is 0.805. The summed E-state index contributed by atoms with van der Waals surface area (Å²) in [5, 5.41) is 16.5. The third kappa shape index (κ3) is 4.72. The molecule has 0 radical (unpaired) electrons. The van der Waals surface area contributed by atoms with Crippen molar-refractivity contribution in [2.75, 3.05) is 13.7 Å². The van der Waals surface area contributed by atoms with Crippen molar-refractivity contribution in [1.29, 1.82) is 0 Å².